The maximum absolute atomic E-state index is 15.2. The summed E-state index contributed by atoms with van der Waals surface area (Å²) in [7, 11) is 1.36. The Balaban J connectivity index is 2.24. The van der Waals surface area contributed by atoms with E-state index in [-0.39, 0.29) is 36.0 Å². The van der Waals surface area contributed by atoms with Crippen molar-refractivity contribution in [2.75, 3.05) is 7.11 Å². The van der Waals surface area contributed by atoms with Gasteiger partial charge in [0.1, 0.15) is 5.75 Å². The van der Waals surface area contributed by atoms with Crippen molar-refractivity contribution in [3.05, 3.63) is 59.4 Å². The summed E-state index contributed by atoms with van der Waals surface area (Å²) in [4.78, 5) is 11.4. The van der Waals surface area contributed by atoms with Crippen LogP contribution in [0.3, 0.4) is 0 Å². The first-order valence-corrected chi connectivity index (χ1v) is 8.81. The molecule has 0 amide bonds. The van der Waals surface area contributed by atoms with Crippen LogP contribution in [0.5, 0.6) is 11.5 Å². The first-order chi connectivity index (χ1) is 12.5. The summed E-state index contributed by atoms with van der Waals surface area (Å²) in [6.07, 6.45) is 0.907. The van der Waals surface area contributed by atoms with Gasteiger partial charge in [-0.1, -0.05) is 37.3 Å². The second kappa shape index (κ2) is 9.34. The third-order valence-electron chi connectivity index (χ3n) is 4.26. The number of para-hydroxylation sites is 1. The second-order valence-corrected chi connectivity index (χ2v) is 6.34. The van der Waals surface area contributed by atoms with Crippen LogP contribution < -0.4 is 10.1 Å². The summed E-state index contributed by atoms with van der Waals surface area (Å²) in [5.74, 6) is 0.150. The Morgan fingerprint density at radius 2 is 1.88 bits per heavy atom. The van der Waals surface area contributed by atoms with Crippen molar-refractivity contribution in [2.45, 2.75) is 45.7 Å². The van der Waals surface area contributed by atoms with Crippen LogP contribution in [0.15, 0.2) is 42.5 Å². The van der Waals surface area contributed by atoms with Crippen LogP contribution in [-0.2, 0) is 9.53 Å². The van der Waals surface area contributed by atoms with Crippen LogP contribution in [0.2, 0.25) is 0 Å². The minimum atomic E-state index is -0.376. The largest absolute Gasteiger partial charge is 0.469 e. The van der Waals surface area contributed by atoms with Gasteiger partial charge in [-0.3, -0.25) is 4.79 Å². The highest BCUT2D eigenvalue weighted by molar-refractivity contribution is 5.69. The molecule has 0 saturated carbocycles. The molecule has 0 aliphatic heterocycles. The molecule has 0 bridgehead atoms. The van der Waals surface area contributed by atoms with E-state index in [4.69, 9.17) is 9.47 Å². The lowest BCUT2D eigenvalue weighted by molar-refractivity contribution is -0.141. The Morgan fingerprint density at radius 1 is 1.19 bits per heavy atom. The number of aryl methyl sites for hydroxylation is 1. The number of esters is 1. The number of nitrogens with one attached hydrogen (secondary N) is 1. The van der Waals surface area contributed by atoms with E-state index in [9.17, 15) is 4.79 Å². The minimum absolute atomic E-state index is 0.133. The van der Waals surface area contributed by atoms with E-state index in [1.54, 1.807) is 18.2 Å². The Hall–Kier alpha value is -2.40. The number of ether oxygens (including phenoxy) is 2. The quantitative estimate of drug-likeness (QED) is 0.680. The standard InChI is InChI=1S/C21H26FNO3/c1-5-18(23-15(3)13-19(24)25-4)17-12-11-14(2)21(20(17)22)26-16-9-7-6-8-10-16/h6-12,15,18,23H,5,13H2,1-4H3/t15?,18-/m1/s1. The molecular weight excluding hydrogens is 333 g/mol. The molecule has 2 aromatic rings. The van der Waals surface area contributed by atoms with Gasteiger partial charge < -0.3 is 14.8 Å². The molecule has 0 saturated heterocycles. The number of carbonyl (C=O) groups is 1. The van der Waals surface area contributed by atoms with E-state index in [0.717, 1.165) is 5.56 Å². The summed E-state index contributed by atoms with van der Waals surface area (Å²) in [6, 6.07) is 12.4. The van der Waals surface area contributed by atoms with Crippen molar-refractivity contribution < 1.29 is 18.7 Å². The van der Waals surface area contributed by atoms with Gasteiger partial charge in [0.05, 0.1) is 13.5 Å². The molecule has 0 aromatic heterocycles. The highest BCUT2D eigenvalue weighted by Crippen LogP contribution is 2.33. The molecule has 140 valence electrons. The zero-order valence-corrected chi connectivity index (χ0v) is 15.7. The normalized spacial score (nSPS) is 13.1. The molecule has 2 atom stereocenters. The van der Waals surface area contributed by atoms with Gasteiger partial charge in [0.2, 0.25) is 0 Å². The highest BCUT2D eigenvalue weighted by Gasteiger charge is 2.22. The number of carbonyl (C=O) groups excluding carboxylic acids is 1. The minimum Gasteiger partial charge on any atom is -0.469 e. The second-order valence-electron chi connectivity index (χ2n) is 6.34. The van der Waals surface area contributed by atoms with Gasteiger partial charge in [-0.15, -0.1) is 0 Å². The summed E-state index contributed by atoms with van der Waals surface area (Å²) in [6.45, 7) is 5.67. The molecule has 0 radical (unpaired) electrons. The maximum atomic E-state index is 15.2. The molecule has 0 aliphatic carbocycles. The average molecular weight is 359 g/mol. The lowest BCUT2D eigenvalue weighted by atomic mass is 10.00. The van der Waals surface area contributed by atoms with Gasteiger partial charge in [-0.05, 0) is 38.0 Å². The fraction of sp³-hybridized carbons (Fsp3) is 0.381. The molecule has 0 aliphatic rings. The van der Waals surface area contributed by atoms with Gasteiger partial charge in [0.15, 0.2) is 11.6 Å². The van der Waals surface area contributed by atoms with Crippen LogP contribution in [0.4, 0.5) is 4.39 Å². The fourth-order valence-corrected chi connectivity index (χ4v) is 2.83. The summed E-state index contributed by atoms with van der Waals surface area (Å²) < 4.78 is 25.7. The van der Waals surface area contributed by atoms with Crippen LogP contribution in [0.1, 0.15) is 43.9 Å². The number of methoxy groups -OCH3 is 1. The Bertz CT molecular complexity index is 734. The third kappa shape index (κ3) is 5.05. The van der Waals surface area contributed by atoms with E-state index in [1.807, 2.05) is 45.0 Å². The molecule has 1 unspecified atom stereocenters. The lowest BCUT2D eigenvalue weighted by Gasteiger charge is -2.24. The molecule has 1 N–H and O–H groups in total. The SMILES string of the molecule is CC[C@@H](NC(C)CC(=O)OC)c1ccc(C)c(Oc2ccccc2)c1F. The van der Waals surface area contributed by atoms with Crippen LogP contribution >= 0.6 is 0 Å². The first-order valence-electron chi connectivity index (χ1n) is 8.81. The zero-order valence-electron chi connectivity index (χ0n) is 15.7. The first kappa shape index (κ1) is 19.9. The Morgan fingerprint density at radius 3 is 2.50 bits per heavy atom. The molecule has 0 heterocycles. The van der Waals surface area contributed by atoms with Crippen LogP contribution in [-0.4, -0.2) is 19.1 Å². The molecule has 4 nitrogen and oxygen atoms in total. The van der Waals surface area contributed by atoms with E-state index >= 15 is 4.39 Å². The van der Waals surface area contributed by atoms with Crippen molar-refractivity contribution in [3.8, 4) is 11.5 Å². The van der Waals surface area contributed by atoms with Gasteiger partial charge in [-0.25, -0.2) is 4.39 Å². The van der Waals surface area contributed by atoms with Crippen molar-refractivity contribution >= 4 is 5.97 Å². The maximum Gasteiger partial charge on any atom is 0.307 e. The number of rotatable bonds is 8. The molecule has 26 heavy (non-hydrogen) atoms. The smallest absolute Gasteiger partial charge is 0.307 e. The summed E-state index contributed by atoms with van der Waals surface area (Å²) in [5.41, 5.74) is 1.26. The molecule has 5 heteroatoms. The van der Waals surface area contributed by atoms with Gasteiger partial charge >= 0.3 is 5.97 Å². The third-order valence-corrected chi connectivity index (χ3v) is 4.26. The summed E-state index contributed by atoms with van der Waals surface area (Å²) >= 11 is 0. The average Bonchev–Trinajstić information content (AvgIpc) is 2.64. The summed E-state index contributed by atoms with van der Waals surface area (Å²) in [5, 5.41) is 3.30. The molecule has 2 rings (SSSR count). The van der Waals surface area contributed by atoms with Crippen molar-refractivity contribution in [1.29, 1.82) is 0 Å². The van der Waals surface area contributed by atoms with Crippen molar-refractivity contribution in [1.82, 2.24) is 5.32 Å². The highest BCUT2D eigenvalue weighted by atomic mass is 19.1. The van der Waals surface area contributed by atoms with Crippen molar-refractivity contribution in [2.24, 2.45) is 0 Å². The number of hydrogen-bond acceptors (Lipinski definition) is 4. The van der Waals surface area contributed by atoms with Gasteiger partial charge in [0.25, 0.3) is 0 Å². The topological polar surface area (TPSA) is 47.6 Å². The lowest BCUT2D eigenvalue weighted by Crippen LogP contribution is -2.33. The predicted molar refractivity (Wildman–Crippen MR) is 99.9 cm³/mol. The fourth-order valence-electron chi connectivity index (χ4n) is 2.83. The van der Waals surface area contributed by atoms with E-state index in [1.165, 1.54) is 7.11 Å². The molecular formula is C21H26FNO3. The molecule has 2 aromatic carbocycles. The van der Waals surface area contributed by atoms with E-state index < -0.39 is 0 Å². The van der Waals surface area contributed by atoms with Gasteiger partial charge in [-0.2, -0.15) is 0 Å². The van der Waals surface area contributed by atoms with Crippen LogP contribution in [0, 0.1) is 12.7 Å². The monoisotopic (exact) mass is 359 g/mol. The van der Waals surface area contributed by atoms with Crippen LogP contribution in [0.25, 0.3) is 0 Å². The van der Waals surface area contributed by atoms with E-state index in [0.29, 0.717) is 17.7 Å². The van der Waals surface area contributed by atoms with Gasteiger partial charge in [0, 0.05) is 17.6 Å². The number of halogens is 1. The number of hydrogen-bond donors (Lipinski definition) is 1. The Kier molecular flexibility index (Phi) is 7.16. The predicted octanol–water partition coefficient (Wildman–Crippen LogP) is 4.92. The van der Waals surface area contributed by atoms with Crippen molar-refractivity contribution in [3.63, 3.8) is 0 Å². The molecule has 0 fully saturated rings. The van der Waals surface area contributed by atoms with E-state index in [2.05, 4.69) is 5.32 Å². The molecule has 0 spiro atoms. The zero-order chi connectivity index (χ0) is 19.1. The number of benzene rings is 2. The Labute approximate surface area is 154 Å².